The molecule has 0 radical (unpaired) electrons. The van der Waals surface area contributed by atoms with E-state index >= 15 is 0 Å². The second-order valence-corrected chi connectivity index (χ2v) is 6.01. The third-order valence-corrected chi connectivity index (χ3v) is 3.51. The molecule has 0 aromatic rings. The van der Waals surface area contributed by atoms with Crippen LogP contribution in [0.1, 0.15) is 40.5 Å². The fourth-order valence-corrected chi connectivity index (χ4v) is 2.14. The molecule has 0 aromatic carbocycles. The molecule has 2 N–H and O–H groups in total. The van der Waals surface area contributed by atoms with Crippen LogP contribution in [0.3, 0.4) is 0 Å². The molecule has 0 aliphatic carbocycles. The first-order chi connectivity index (χ1) is 8.20. The fourth-order valence-electron chi connectivity index (χ4n) is 2.14. The van der Waals surface area contributed by atoms with Gasteiger partial charge in [-0.15, -0.1) is 0 Å². The van der Waals surface area contributed by atoms with Gasteiger partial charge in [-0.05, 0) is 40.5 Å². The van der Waals surface area contributed by atoms with Crippen molar-refractivity contribution in [1.29, 1.82) is 0 Å². The molecule has 1 saturated heterocycles. The summed E-state index contributed by atoms with van der Waals surface area (Å²) in [5.74, 6) is 0.119. The number of piperidine rings is 1. The zero-order valence-electron chi connectivity index (χ0n) is 11.8. The topological polar surface area (TPSA) is 72.6 Å². The number of nitrogens with zero attached hydrogens (tertiary/aromatic N) is 1. The largest absolute Gasteiger partial charge is 0.444 e. The van der Waals surface area contributed by atoms with Gasteiger partial charge in [-0.2, -0.15) is 0 Å². The minimum atomic E-state index is -0.486. The third kappa shape index (κ3) is 3.45. The molecule has 0 spiro atoms. The molecule has 1 rings (SSSR count). The summed E-state index contributed by atoms with van der Waals surface area (Å²) in [5, 5.41) is 0. The highest BCUT2D eigenvalue weighted by molar-refractivity contribution is 5.83. The number of Topliss-reactive ketones (excluding diaryl/α,β-unsaturated/α-hetero) is 1. The predicted molar refractivity (Wildman–Crippen MR) is 69.2 cm³/mol. The minimum absolute atomic E-state index is 0.119. The van der Waals surface area contributed by atoms with Crippen LogP contribution in [0.4, 0.5) is 4.79 Å². The van der Waals surface area contributed by atoms with Crippen molar-refractivity contribution in [1.82, 2.24) is 4.90 Å². The lowest BCUT2D eigenvalue weighted by molar-refractivity contribution is -0.128. The molecule has 18 heavy (non-hydrogen) atoms. The van der Waals surface area contributed by atoms with E-state index in [1.165, 1.54) is 0 Å². The van der Waals surface area contributed by atoms with Gasteiger partial charge in [0, 0.05) is 25.0 Å². The van der Waals surface area contributed by atoms with Crippen molar-refractivity contribution in [2.24, 2.45) is 11.1 Å². The second-order valence-electron chi connectivity index (χ2n) is 6.01. The van der Waals surface area contributed by atoms with Gasteiger partial charge in [0.1, 0.15) is 11.4 Å². The van der Waals surface area contributed by atoms with Crippen molar-refractivity contribution in [3.63, 3.8) is 0 Å². The highest BCUT2D eigenvalue weighted by Gasteiger charge is 2.39. The van der Waals surface area contributed by atoms with Crippen LogP contribution in [0.2, 0.25) is 0 Å². The summed E-state index contributed by atoms with van der Waals surface area (Å²) in [5.41, 5.74) is 4.77. The van der Waals surface area contributed by atoms with Gasteiger partial charge in [-0.25, -0.2) is 4.79 Å². The minimum Gasteiger partial charge on any atom is -0.444 e. The molecule has 1 amide bonds. The fraction of sp³-hybridized carbons (Fsp3) is 0.846. The van der Waals surface area contributed by atoms with Gasteiger partial charge >= 0.3 is 6.09 Å². The van der Waals surface area contributed by atoms with Crippen LogP contribution in [0.15, 0.2) is 0 Å². The Bertz CT molecular complexity index is 326. The van der Waals surface area contributed by atoms with Crippen molar-refractivity contribution >= 4 is 11.9 Å². The van der Waals surface area contributed by atoms with Crippen LogP contribution < -0.4 is 5.73 Å². The van der Waals surface area contributed by atoms with Gasteiger partial charge in [0.2, 0.25) is 0 Å². The van der Waals surface area contributed by atoms with E-state index in [0.717, 1.165) is 0 Å². The molecule has 5 nitrogen and oxygen atoms in total. The Hall–Kier alpha value is -1.10. The number of likely N-dealkylation sites (tertiary alicyclic amines) is 1. The molecule has 0 aromatic heterocycles. The van der Waals surface area contributed by atoms with E-state index in [9.17, 15) is 9.59 Å². The normalized spacial score (nSPS) is 19.5. The Balaban J connectivity index is 2.58. The zero-order valence-corrected chi connectivity index (χ0v) is 11.8. The van der Waals surface area contributed by atoms with E-state index in [2.05, 4.69) is 0 Å². The highest BCUT2D eigenvalue weighted by atomic mass is 16.6. The van der Waals surface area contributed by atoms with Gasteiger partial charge < -0.3 is 15.4 Å². The lowest BCUT2D eigenvalue weighted by atomic mass is 9.75. The van der Waals surface area contributed by atoms with Gasteiger partial charge in [-0.3, -0.25) is 4.79 Å². The van der Waals surface area contributed by atoms with Crippen molar-refractivity contribution in [3.8, 4) is 0 Å². The van der Waals surface area contributed by atoms with Crippen LogP contribution in [-0.2, 0) is 9.53 Å². The average molecular weight is 256 g/mol. The first-order valence-electron chi connectivity index (χ1n) is 6.39. The lowest BCUT2D eigenvalue weighted by Crippen LogP contribution is -2.50. The number of amides is 1. The van der Waals surface area contributed by atoms with Gasteiger partial charge in [-0.1, -0.05) is 0 Å². The molecule has 0 unspecified atom stereocenters. The summed E-state index contributed by atoms with van der Waals surface area (Å²) in [6.07, 6.45) is 0.938. The molecule has 0 bridgehead atoms. The molecule has 1 aliphatic heterocycles. The Kier molecular flexibility index (Phi) is 4.37. The van der Waals surface area contributed by atoms with Crippen molar-refractivity contribution in [3.05, 3.63) is 0 Å². The summed E-state index contributed by atoms with van der Waals surface area (Å²) in [4.78, 5) is 25.2. The van der Waals surface area contributed by atoms with Gasteiger partial charge in [0.15, 0.2) is 0 Å². The predicted octanol–water partition coefficient (Wildman–Crippen LogP) is 1.55. The Morgan fingerprint density at radius 1 is 1.28 bits per heavy atom. The summed E-state index contributed by atoms with van der Waals surface area (Å²) in [7, 11) is 0. The summed E-state index contributed by atoms with van der Waals surface area (Å²) in [6, 6.07) is 0. The number of carbonyl (C=O) groups excluding carboxylic acids is 2. The van der Waals surface area contributed by atoms with Crippen LogP contribution in [0.5, 0.6) is 0 Å². The molecule has 0 atom stereocenters. The van der Waals surface area contributed by atoms with E-state index in [1.54, 1.807) is 11.8 Å². The van der Waals surface area contributed by atoms with Gasteiger partial charge in [0.25, 0.3) is 0 Å². The van der Waals surface area contributed by atoms with E-state index in [1.807, 2.05) is 20.8 Å². The number of hydrogen-bond donors (Lipinski definition) is 1. The van der Waals surface area contributed by atoms with Crippen LogP contribution in [0, 0.1) is 5.41 Å². The second kappa shape index (κ2) is 5.26. The molecule has 5 heteroatoms. The van der Waals surface area contributed by atoms with E-state index in [0.29, 0.717) is 32.5 Å². The van der Waals surface area contributed by atoms with Gasteiger partial charge in [0.05, 0.1) is 0 Å². The van der Waals surface area contributed by atoms with Crippen molar-refractivity contribution in [2.75, 3.05) is 19.6 Å². The maximum Gasteiger partial charge on any atom is 0.410 e. The maximum absolute atomic E-state index is 11.9. The smallest absolute Gasteiger partial charge is 0.410 e. The summed E-state index contributed by atoms with van der Waals surface area (Å²) in [6.45, 7) is 8.52. The van der Waals surface area contributed by atoms with E-state index < -0.39 is 11.0 Å². The zero-order chi connectivity index (χ0) is 14.0. The third-order valence-electron chi connectivity index (χ3n) is 3.51. The number of hydrogen-bond acceptors (Lipinski definition) is 4. The summed E-state index contributed by atoms with van der Waals surface area (Å²) < 4.78 is 5.31. The molecule has 104 valence electrons. The Labute approximate surface area is 109 Å². The first-order valence-corrected chi connectivity index (χ1v) is 6.39. The highest BCUT2D eigenvalue weighted by Crippen LogP contribution is 2.31. The Morgan fingerprint density at radius 3 is 2.11 bits per heavy atom. The van der Waals surface area contributed by atoms with Crippen LogP contribution in [-0.4, -0.2) is 42.0 Å². The molecular weight excluding hydrogens is 232 g/mol. The molecule has 1 fully saturated rings. The SMILES string of the molecule is CC(=O)C1(CN)CCN(C(=O)OC(C)(C)C)CC1. The monoisotopic (exact) mass is 256 g/mol. The molecular formula is C13H24N2O3. The quantitative estimate of drug-likeness (QED) is 0.813. The van der Waals surface area contributed by atoms with E-state index in [-0.39, 0.29) is 11.9 Å². The maximum atomic E-state index is 11.9. The lowest BCUT2D eigenvalue weighted by Gasteiger charge is -2.39. The average Bonchev–Trinajstić information content (AvgIpc) is 2.26. The number of ether oxygens (including phenoxy) is 1. The number of rotatable bonds is 2. The summed E-state index contributed by atoms with van der Waals surface area (Å²) >= 11 is 0. The number of carbonyl (C=O) groups is 2. The first kappa shape index (κ1) is 15.0. The number of ketones is 1. The molecule has 1 heterocycles. The Morgan fingerprint density at radius 2 is 1.78 bits per heavy atom. The number of nitrogens with two attached hydrogens (primary N) is 1. The molecule has 0 saturated carbocycles. The van der Waals surface area contributed by atoms with Crippen molar-refractivity contribution < 1.29 is 14.3 Å². The van der Waals surface area contributed by atoms with Crippen LogP contribution >= 0.6 is 0 Å². The van der Waals surface area contributed by atoms with Crippen molar-refractivity contribution in [2.45, 2.75) is 46.1 Å². The van der Waals surface area contributed by atoms with Crippen LogP contribution in [0.25, 0.3) is 0 Å². The molecule has 1 aliphatic rings. The standard InChI is InChI=1S/C13H24N2O3/c1-10(16)13(9-14)5-7-15(8-6-13)11(17)18-12(2,3)4/h5-9,14H2,1-4H3. The van der Waals surface area contributed by atoms with E-state index in [4.69, 9.17) is 10.5 Å².